The van der Waals surface area contributed by atoms with Gasteiger partial charge in [0.1, 0.15) is 12.6 Å². The molecule has 2 aromatic carbocycles. The van der Waals surface area contributed by atoms with Gasteiger partial charge in [-0.25, -0.2) is 8.42 Å². The van der Waals surface area contributed by atoms with Crippen LogP contribution in [0.4, 0.5) is 5.69 Å². The fraction of sp³-hybridized carbons (Fsp3) is 0.462. The summed E-state index contributed by atoms with van der Waals surface area (Å²) in [5.41, 5.74) is 2.54. The summed E-state index contributed by atoms with van der Waals surface area (Å²) in [4.78, 5) is 27.8. The van der Waals surface area contributed by atoms with Crippen LogP contribution in [0.2, 0.25) is 0 Å². The van der Waals surface area contributed by atoms with Gasteiger partial charge in [0.2, 0.25) is 21.8 Å². The number of carbonyl (C=O) groups excluding carboxylic acids is 2. The van der Waals surface area contributed by atoms with Crippen LogP contribution in [0, 0.1) is 0 Å². The number of hydrogen-bond donors (Lipinski definition) is 1. The maximum absolute atomic E-state index is 13.5. The first-order valence-corrected chi connectivity index (χ1v) is 13.6. The molecule has 0 aliphatic carbocycles. The van der Waals surface area contributed by atoms with Gasteiger partial charge < -0.3 is 10.2 Å². The number of rotatable bonds is 12. The van der Waals surface area contributed by atoms with Gasteiger partial charge in [0.15, 0.2) is 0 Å². The molecule has 0 bridgehead atoms. The molecule has 0 radical (unpaired) electrons. The fourth-order valence-corrected chi connectivity index (χ4v) is 4.68. The van der Waals surface area contributed by atoms with E-state index in [1.54, 1.807) is 12.1 Å². The molecule has 186 valence electrons. The Kier molecular flexibility index (Phi) is 10.1. The average molecular weight is 488 g/mol. The third-order valence-electron chi connectivity index (χ3n) is 5.75. The second kappa shape index (κ2) is 12.6. The number of likely N-dealkylation sites (N-methyl/N-ethyl adjacent to an activating group) is 1. The van der Waals surface area contributed by atoms with Crippen molar-refractivity contribution in [2.24, 2.45) is 0 Å². The molecule has 0 saturated carbocycles. The Morgan fingerprint density at radius 3 is 2.09 bits per heavy atom. The zero-order valence-electron chi connectivity index (χ0n) is 20.8. The SMILES string of the molecule is CCNC(=O)C(CC)N(CCc1ccccc1)C(=O)CN(c1ccc(C(C)C)cc1)S(C)(=O)=O. The third-order valence-corrected chi connectivity index (χ3v) is 6.89. The Balaban J connectivity index is 2.34. The number of sulfonamides is 1. The smallest absolute Gasteiger partial charge is 0.244 e. The van der Waals surface area contributed by atoms with Crippen LogP contribution in [0.15, 0.2) is 54.6 Å². The van der Waals surface area contributed by atoms with Crippen LogP contribution >= 0.6 is 0 Å². The van der Waals surface area contributed by atoms with Crippen molar-refractivity contribution in [2.45, 2.75) is 52.5 Å². The summed E-state index contributed by atoms with van der Waals surface area (Å²) in [5.74, 6) is -0.343. The van der Waals surface area contributed by atoms with E-state index in [4.69, 9.17) is 0 Å². The van der Waals surface area contributed by atoms with Crippen LogP contribution in [-0.4, -0.2) is 57.1 Å². The van der Waals surface area contributed by atoms with Gasteiger partial charge in [-0.1, -0.05) is 63.2 Å². The minimum atomic E-state index is -3.72. The summed E-state index contributed by atoms with van der Waals surface area (Å²) >= 11 is 0. The molecule has 0 fully saturated rings. The van der Waals surface area contributed by atoms with Crippen molar-refractivity contribution in [2.75, 3.05) is 30.2 Å². The molecule has 0 saturated heterocycles. The number of benzene rings is 2. The van der Waals surface area contributed by atoms with E-state index in [1.165, 1.54) is 4.90 Å². The summed E-state index contributed by atoms with van der Waals surface area (Å²) < 4.78 is 26.4. The molecular formula is C26H37N3O4S. The van der Waals surface area contributed by atoms with Gasteiger partial charge in [0, 0.05) is 13.1 Å². The molecule has 0 heterocycles. The Morgan fingerprint density at radius 2 is 1.59 bits per heavy atom. The Hall–Kier alpha value is -2.87. The lowest BCUT2D eigenvalue weighted by molar-refractivity contribution is -0.139. The van der Waals surface area contributed by atoms with E-state index < -0.39 is 22.0 Å². The van der Waals surface area contributed by atoms with Gasteiger partial charge in [-0.3, -0.25) is 13.9 Å². The molecule has 0 aliphatic rings. The van der Waals surface area contributed by atoms with E-state index in [0.717, 1.165) is 21.7 Å². The molecule has 1 atom stereocenters. The normalized spacial score (nSPS) is 12.3. The van der Waals surface area contributed by atoms with Crippen LogP contribution in [0.25, 0.3) is 0 Å². The summed E-state index contributed by atoms with van der Waals surface area (Å²) in [7, 11) is -3.72. The highest BCUT2D eigenvalue weighted by atomic mass is 32.2. The standard InChI is InChI=1S/C26H37N3O4S/c1-6-24(26(31)27-7-2)28(18-17-21-11-9-8-10-12-21)25(30)19-29(34(5,32)33)23-15-13-22(14-16-23)20(3)4/h8-16,20,24H,6-7,17-19H2,1-5H3,(H,27,31). The summed E-state index contributed by atoms with van der Waals surface area (Å²) in [6.07, 6.45) is 2.07. The van der Waals surface area contributed by atoms with Gasteiger partial charge in [-0.05, 0) is 48.9 Å². The third kappa shape index (κ3) is 7.58. The predicted molar refractivity (Wildman–Crippen MR) is 137 cm³/mol. The highest BCUT2D eigenvalue weighted by Crippen LogP contribution is 2.22. The molecule has 1 N–H and O–H groups in total. The van der Waals surface area contributed by atoms with Crippen LogP contribution in [0.3, 0.4) is 0 Å². The molecule has 1 unspecified atom stereocenters. The van der Waals surface area contributed by atoms with E-state index in [1.807, 2.05) is 56.3 Å². The van der Waals surface area contributed by atoms with Gasteiger partial charge in [-0.15, -0.1) is 0 Å². The quantitative estimate of drug-likeness (QED) is 0.496. The minimum absolute atomic E-state index is 0.237. The van der Waals surface area contributed by atoms with E-state index in [9.17, 15) is 18.0 Å². The van der Waals surface area contributed by atoms with E-state index in [2.05, 4.69) is 19.2 Å². The van der Waals surface area contributed by atoms with Crippen LogP contribution in [0.5, 0.6) is 0 Å². The molecule has 34 heavy (non-hydrogen) atoms. The largest absolute Gasteiger partial charge is 0.355 e. The maximum atomic E-state index is 13.5. The van der Waals surface area contributed by atoms with Gasteiger partial charge in [0.05, 0.1) is 11.9 Å². The van der Waals surface area contributed by atoms with Crippen molar-refractivity contribution in [3.63, 3.8) is 0 Å². The van der Waals surface area contributed by atoms with Gasteiger partial charge in [-0.2, -0.15) is 0 Å². The molecule has 2 amide bonds. The molecule has 2 rings (SSSR count). The summed E-state index contributed by atoms with van der Waals surface area (Å²) in [6.45, 7) is 8.18. The first-order chi connectivity index (χ1) is 16.1. The van der Waals surface area contributed by atoms with Gasteiger partial charge >= 0.3 is 0 Å². The van der Waals surface area contributed by atoms with Crippen molar-refractivity contribution >= 4 is 27.5 Å². The van der Waals surface area contributed by atoms with Crippen molar-refractivity contribution in [1.29, 1.82) is 0 Å². The van der Waals surface area contributed by atoms with Gasteiger partial charge in [0.25, 0.3) is 0 Å². The average Bonchev–Trinajstić information content (AvgIpc) is 2.80. The molecule has 2 aromatic rings. The lowest BCUT2D eigenvalue weighted by Crippen LogP contribution is -2.53. The minimum Gasteiger partial charge on any atom is -0.355 e. The Bertz CT molecular complexity index is 1040. The maximum Gasteiger partial charge on any atom is 0.244 e. The number of amides is 2. The zero-order chi connectivity index (χ0) is 25.3. The Labute approximate surface area is 204 Å². The molecule has 8 heteroatoms. The number of carbonyl (C=O) groups is 2. The number of anilines is 1. The predicted octanol–water partition coefficient (Wildman–Crippen LogP) is 3.56. The first-order valence-electron chi connectivity index (χ1n) is 11.8. The topological polar surface area (TPSA) is 86.8 Å². The van der Waals surface area contributed by atoms with E-state index in [-0.39, 0.29) is 12.5 Å². The zero-order valence-corrected chi connectivity index (χ0v) is 21.6. The molecule has 0 aliphatic heterocycles. The number of hydrogen-bond acceptors (Lipinski definition) is 4. The van der Waals surface area contributed by atoms with Crippen molar-refractivity contribution in [1.82, 2.24) is 10.2 Å². The molecule has 0 aromatic heterocycles. The number of nitrogens with zero attached hydrogens (tertiary/aromatic N) is 2. The van der Waals surface area contributed by atoms with Crippen LogP contribution < -0.4 is 9.62 Å². The number of nitrogens with one attached hydrogen (secondary N) is 1. The Morgan fingerprint density at radius 1 is 0.971 bits per heavy atom. The summed E-state index contributed by atoms with van der Waals surface area (Å²) in [6, 6.07) is 16.2. The van der Waals surface area contributed by atoms with Crippen molar-refractivity contribution < 1.29 is 18.0 Å². The van der Waals surface area contributed by atoms with Crippen LogP contribution in [0.1, 0.15) is 51.2 Å². The van der Waals surface area contributed by atoms with Crippen molar-refractivity contribution in [3.8, 4) is 0 Å². The molecule has 7 nitrogen and oxygen atoms in total. The lowest BCUT2D eigenvalue weighted by Gasteiger charge is -2.32. The highest BCUT2D eigenvalue weighted by molar-refractivity contribution is 7.92. The molecular weight excluding hydrogens is 450 g/mol. The lowest BCUT2D eigenvalue weighted by atomic mass is 10.0. The molecule has 0 spiro atoms. The van der Waals surface area contributed by atoms with Crippen LogP contribution in [-0.2, 0) is 26.0 Å². The monoisotopic (exact) mass is 487 g/mol. The van der Waals surface area contributed by atoms with Crippen molar-refractivity contribution in [3.05, 3.63) is 65.7 Å². The van der Waals surface area contributed by atoms with E-state index >= 15 is 0 Å². The van der Waals surface area contributed by atoms with E-state index in [0.29, 0.717) is 37.5 Å². The second-order valence-electron chi connectivity index (χ2n) is 8.66. The summed E-state index contributed by atoms with van der Waals surface area (Å²) in [5, 5.41) is 2.80. The second-order valence-corrected chi connectivity index (χ2v) is 10.6. The fourth-order valence-electron chi connectivity index (χ4n) is 3.83. The highest BCUT2D eigenvalue weighted by Gasteiger charge is 2.31. The first kappa shape index (κ1) is 27.4.